The fraction of sp³-hybridized carbons (Fsp3) is 0.188. The maximum absolute atomic E-state index is 12.6. The van der Waals surface area contributed by atoms with E-state index in [1.54, 1.807) is 12.1 Å². The quantitative estimate of drug-likeness (QED) is 0.159. The van der Waals surface area contributed by atoms with Crippen LogP contribution in [0.25, 0.3) is 0 Å². The zero-order chi connectivity index (χ0) is 24.8. The Labute approximate surface area is 214 Å². The molecule has 0 fully saturated rings. The summed E-state index contributed by atoms with van der Waals surface area (Å²) in [5.74, 6) is -0.310. The summed E-state index contributed by atoms with van der Waals surface area (Å²) in [4.78, 5) is 26.7. The van der Waals surface area contributed by atoms with Gasteiger partial charge >= 0.3 is 0 Å². The van der Waals surface area contributed by atoms with E-state index in [-0.39, 0.29) is 11.8 Å². The molecule has 4 aromatic rings. The summed E-state index contributed by atoms with van der Waals surface area (Å²) in [5, 5.41) is 4.23. The Morgan fingerprint density at radius 1 is 0.472 bits per heavy atom. The number of unbranched alkanes of at least 4 members (excludes halogenated alkanes) is 3. The normalized spacial score (nSPS) is 13.2. The molecular formula is C32H31NO2P+. The van der Waals surface area contributed by atoms with E-state index in [1.165, 1.54) is 20.8 Å². The lowest BCUT2D eigenvalue weighted by Gasteiger charge is -2.27. The molecule has 2 amide bonds. The average Bonchev–Trinajstić information content (AvgIpc) is 3.19. The topological polar surface area (TPSA) is 37.4 Å². The summed E-state index contributed by atoms with van der Waals surface area (Å²) in [5.41, 5.74) is 1.07. The molecule has 180 valence electrons. The Balaban J connectivity index is 1.28. The molecule has 1 heterocycles. The van der Waals surface area contributed by atoms with Gasteiger partial charge < -0.3 is 0 Å². The van der Waals surface area contributed by atoms with Crippen LogP contribution in [0.1, 0.15) is 46.4 Å². The third-order valence-corrected chi connectivity index (χ3v) is 11.6. The second-order valence-electron chi connectivity index (χ2n) is 9.26. The van der Waals surface area contributed by atoms with E-state index < -0.39 is 7.26 Å². The predicted molar refractivity (Wildman–Crippen MR) is 150 cm³/mol. The molecule has 36 heavy (non-hydrogen) atoms. The highest BCUT2D eigenvalue weighted by Gasteiger charge is 2.44. The van der Waals surface area contributed by atoms with Crippen LogP contribution in [0.3, 0.4) is 0 Å². The number of carbonyl (C=O) groups excluding carboxylic acids is 2. The molecule has 0 N–H and O–H groups in total. The van der Waals surface area contributed by atoms with Gasteiger partial charge in [0, 0.05) is 6.54 Å². The Morgan fingerprint density at radius 3 is 1.31 bits per heavy atom. The van der Waals surface area contributed by atoms with Gasteiger partial charge in [-0.05, 0) is 67.8 Å². The molecular weight excluding hydrogens is 461 g/mol. The molecule has 1 aliphatic rings. The fourth-order valence-electron chi connectivity index (χ4n) is 5.30. The minimum Gasteiger partial charge on any atom is -0.274 e. The van der Waals surface area contributed by atoms with Gasteiger partial charge in [-0.15, -0.1) is 0 Å². The maximum atomic E-state index is 12.6. The van der Waals surface area contributed by atoms with Gasteiger partial charge in [-0.3, -0.25) is 14.5 Å². The van der Waals surface area contributed by atoms with Gasteiger partial charge in [-0.1, -0.05) is 73.2 Å². The Morgan fingerprint density at radius 2 is 0.861 bits per heavy atom. The number of nitrogens with zero attached hydrogens (tertiary/aromatic N) is 1. The number of rotatable bonds is 10. The van der Waals surface area contributed by atoms with E-state index in [1.807, 2.05) is 12.1 Å². The van der Waals surface area contributed by atoms with Gasteiger partial charge in [0.05, 0.1) is 17.3 Å². The summed E-state index contributed by atoms with van der Waals surface area (Å²) in [7, 11) is -1.80. The zero-order valence-electron chi connectivity index (χ0n) is 20.4. The van der Waals surface area contributed by atoms with E-state index in [0.717, 1.165) is 31.8 Å². The molecule has 0 saturated carbocycles. The minimum absolute atomic E-state index is 0.155. The number of hydrogen-bond donors (Lipinski definition) is 0. The van der Waals surface area contributed by atoms with Gasteiger partial charge in [0.1, 0.15) is 23.2 Å². The number of carbonyl (C=O) groups is 2. The summed E-state index contributed by atoms with van der Waals surface area (Å²) in [6.07, 6.45) is 5.08. The molecule has 0 aliphatic carbocycles. The molecule has 5 rings (SSSR count). The molecule has 3 nitrogen and oxygen atoms in total. The number of amides is 2. The molecule has 0 aromatic heterocycles. The Kier molecular flexibility index (Phi) is 7.39. The van der Waals surface area contributed by atoms with Crippen LogP contribution in [0.15, 0.2) is 115 Å². The smallest absolute Gasteiger partial charge is 0.261 e. The van der Waals surface area contributed by atoms with E-state index in [0.29, 0.717) is 17.7 Å². The van der Waals surface area contributed by atoms with Gasteiger partial charge in [0.25, 0.3) is 11.8 Å². The van der Waals surface area contributed by atoms with Crippen molar-refractivity contribution in [1.29, 1.82) is 0 Å². The Hall–Kier alpha value is -3.55. The van der Waals surface area contributed by atoms with E-state index in [4.69, 9.17) is 0 Å². The average molecular weight is 493 g/mol. The maximum Gasteiger partial charge on any atom is 0.261 e. The Bertz CT molecular complexity index is 1190. The lowest BCUT2D eigenvalue weighted by atomic mass is 10.1. The number of benzene rings is 4. The van der Waals surface area contributed by atoms with E-state index in [2.05, 4.69) is 91.0 Å². The SMILES string of the molecule is O=C1c2ccccc2C(=O)N1CCCCCC[P+](c1ccccc1)(c1ccccc1)c1ccccc1. The molecule has 4 aromatic carbocycles. The molecule has 0 bridgehead atoms. The highest BCUT2D eigenvalue weighted by molar-refractivity contribution is 7.95. The van der Waals surface area contributed by atoms with Crippen LogP contribution < -0.4 is 15.9 Å². The van der Waals surface area contributed by atoms with Crippen molar-refractivity contribution >= 4 is 35.0 Å². The van der Waals surface area contributed by atoms with Crippen LogP contribution in [0.4, 0.5) is 0 Å². The molecule has 1 aliphatic heterocycles. The van der Waals surface area contributed by atoms with Gasteiger partial charge in [-0.2, -0.15) is 0 Å². The first-order chi connectivity index (χ1) is 17.7. The molecule has 0 saturated heterocycles. The van der Waals surface area contributed by atoms with Crippen molar-refractivity contribution in [2.75, 3.05) is 12.7 Å². The van der Waals surface area contributed by atoms with Crippen molar-refractivity contribution in [2.24, 2.45) is 0 Å². The van der Waals surface area contributed by atoms with Gasteiger partial charge in [0.2, 0.25) is 0 Å². The van der Waals surface area contributed by atoms with Crippen molar-refractivity contribution in [3.8, 4) is 0 Å². The monoisotopic (exact) mass is 492 g/mol. The van der Waals surface area contributed by atoms with E-state index in [9.17, 15) is 9.59 Å². The van der Waals surface area contributed by atoms with Crippen LogP contribution in [0, 0.1) is 0 Å². The summed E-state index contributed by atoms with van der Waals surface area (Å²) in [6.45, 7) is 0.489. The number of fused-ring (bicyclic) bond motifs is 1. The second kappa shape index (κ2) is 11.0. The highest BCUT2D eigenvalue weighted by atomic mass is 31.2. The summed E-state index contributed by atoms with van der Waals surface area (Å²) < 4.78 is 0. The third-order valence-electron chi connectivity index (χ3n) is 7.09. The fourth-order valence-corrected chi connectivity index (χ4v) is 9.71. The largest absolute Gasteiger partial charge is 0.274 e. The summed E-state index contributed by atoms with van der Waals surface area (Å²) in [6, 6.07) is 40.0. The predicted octanol–water partition coefficient (Wildman–Crippen LogP) is 5.84. The lowest BCUT2D eigenvalue weighted by Crippen LogP contribution is -2.33. The molecule has 0 unspecified atom stereocenters. The van der Waals surface area contributed by atoms with Crippen molar-refractivity contribution in [3.63, 3.8) is 0 Å². The van der Waals surface area contributed by atoms with Gasteiger partial charge in [-0.25, -0.2) is 0 Å². The number of imide groups is 1. The van der Waals surface area contributed by atoms with Crippen molar-refractivity contribution in [1.82, 2.24) is 4.90 Å². The zero-order valence-corrected chi connectivity index (χ0v) is 21.3. The first-order valence-corrected chi connectivity index (χ1v) is 14.7. The third kappa shape index (κ3) is 4.64. The van der Waals surface area contributed by atoms with Crippen LogP contribution >= 0.6 is 7.26 Å². The van der Waals surface area contributed by atoms with Gasteiger partial charge in [0.15, 0.2) is 0 Å². The van der Waals surface area contributed by atoms with Crippen molar-refractivity contribution in [3.05, 3.63) is 126 Å². The van der Waals surface area contributed by atoms with E-state index >= 15 is 0 Å². The second-order valence-corrected chi connectivity index (χ2v) is 12.9. The first kappa shape index (κ1) is 24.2. The lowest BCUT2D eigenvalue weighted by molar-refractivity contribution is 0.0651. The highest BCUT2D eigenvalue weighted by Crippen LogP contribution is 2.56. The van der Waals surface area contributed by atoms with Crippen LogP contribution in [0.5, 0.6) is 0 Å². The van der Waals surface area contributed by atoms with Crippen LogP contribution in [-0.2, 0) is 0 Å². The van der Waals surface area contributed by atoms with Crippen molar-refractivity contribution < 1.29 is 9.59 Å². The standard InChI is InChI=1S/C32H31NO2P/c34-31-29-22-12-13-23-30(29)32(35)33(31)24-14-1-2-15-25-36(26-16-6-3-7-17-26,27-18-8-4-9-19-27)28-20-10-5-11-21-28/h3-13,16-23H,1-2,14-15,24-25H2/q+1. The van der Waals surface area contributed by atoms with Crippen molar-refractivity contribution in [2.45, 2.75) is 25.7 Å². The van der Waals surface area contributed by atoms with Crippen LogP contribution in [-0.4, -0.2) is 29.4 Å². The minimum atomic E-state index is -1.80. The molecule has 0 radical (unpaired) electrons. The molecule has 0 spiro atoms. The van der Waals surface area contributed by atoms with Crippen LogP contribution in [0.2, 0.25) is 0 Å². The molecule has 4 heteroatoms. The number of hydrogen-bond acceptors (Lipinski definition) is 2. The molecule has 0 atom stereocenters. The summed E-state index contributed by atoms with van der Waals surface area (Å²) >= 11 is 0. The first-order valence-electron chi connectivity index (χ1n) is 12.7.